The third-order valence-corrected chi connectivity index (χ3v) is 3.94. The fraction of sp³-hybridized carbons (Fsp3) is 0.471. The van der Waals surface area contributed by atoms with Crippen molar-refractivity contribution < 1.29 is 19.5 Å². The molecule has 6 heteroatoms. The van der Waals surface area contributed by atoms with Gasteiger partial charge in [-0.3, -0.25) is 14.4 Å². The van der Waals surface area contributed by atoms with E-state index in [0.29, 0.717) is 19.3 Å². The number of carboxylic acids is 1. The van der Waals surface area contributed by atoms with Crippen LogP contribution in [0.2, 0.25) is 0 Å². The molecule has 0 aliphatic carbocycles. The number of benzene rings is 1. The number of anilines is 1. The molecule has 1 aliphatic heterocycles. The highest BCUT2D eigenvalue weighted by atomic mass is 16.4. The Labute approximate surface area is 135 Å². The number of aliphatic carboxylic acids is 1. The second-order valence-corrected chi connectivity index (χ2v) is 6.43. The predicted molar refractivity (Wildman–Crippen MR) is 86.2 cm³/mol. The average Bonchev–Trinajstić information content (AvgIpc) is 2.48. The SMILES string of the molecule is CC(C)(CCC(=O)O)NC(=O)CN1C(=O)CCc2ccccc21. The van der Waals surface area contributed by atoms with Gasteiger partial charge in [0.1, 0.15) is 6.54 Å². The van der Waals surface area contributed by atoms with Gasteiger partial charge in [0.25, 0.3) is 0 Å². The van der Waals surface area contributed by atoms with Crippen LogP contribution in [0.4, 0.5) is 5.69 Å². The molecular formula is C17H22N2O4. The smallest absolute Gasteiger partial charge is 0.303 e. The first-order chi connectivity index (χ1) is 10.8. The van der Waals surface area contributed by atoms with E-state index >= 15 is 0 Å². The number of carbonyl (C=O) groups excluding carboxylic acids is 2. The van der Waals surface area contributed by atoms with E-state index in [4.69, 9.17) is 5.11 Å². The highest BCUT2D eigenvalue weighted by molar-refractivity contribution is 6.01. The lowest BCUT2D eigenvalue weighted by atomic mass is 9.98. The standard InChI is InChI=1S/C17H22N2O4/c1-17(2,10-9-16(22)23)18-14(20)11-19-13-6-4-3-5-12(13)7-8-15(19)21/h3-6H,7-11H2,1-2H3,(H,18,20)(H,22,23). The fourth-order valence-corrected chi connectivity index (χ4v) is 2.71. The molecule has 0 bridgehead atoms. The van der Waals surface area contributed by atoms with E-state index in [1.54, 1.807) is 13.8 Å². The molecule has 1 aromatic carbocycles. The van der Waals surface area contributed by atoms with Crippen LogP contribution in [0, 0.1) is 0 Å². The van der Waals surface area contributed by atoms with Gasteiger partial charge in [0.15, 0.2) is 0 Å². The van der Waals surface area contributed by atoms with Gasteiger partial charge in [0, 0.05) is 24.1 Å². The van der Waals surface area contributed by atoms with Gasteiger partial charge < -0.3 is 15.3 Å². The highest BCUT2D eigenvalue weighted by Gasteiger charge is 2.28. The van der Waals surface area contributed by atoms with Crippen molar-refractivity contribution in [3.63, 3.8) is 0 Å². The van der Waals surface area contributed by atoms with Crippen molar-refractivity contribution in [1.29, 1.82) is 0 Å². The van der Waals surface area contributed by atoms with E-state index in [-0.39, 0.29) is 24.8 Å². The molecule has 0 unspecified atom stereocenters. The molecule has 2 N–H and O–H groups in total. The Kier molecular flexibility index (Phi) is 5.03. The summed E-state index contributed by atoms with van der Waals surface area (Å²) < 4.78 is 0. The summed E-state index contributed by atoms with van der Waals surface area (Å²) in [4.78, 5) is 36.6. The fourth-order valence-electron chi connectivity index (χ4n) is 2.71. The van der Waals surface area contributed by atoms with E-state index in [1.165, 1.54) is 4.90 Å². The number of carbonyl (C=O) groups is 3. The number of hydrogen-bond donors (Lipinski definition) is 2. The summed E-state index contributed by atoms with van der Waals surface area (Å²) in [5, 5.41) is 11.6. The Bertz CT molecular complexity index is 625. The maximum absolute atomic E-state index is 12.3. The van der Waals surface area contributed by atoms with Gasteiger partial charge in [-0.05, 0) is 38.3 Å². The Morgan fingerprint density at radius 2 is 1.96 bits per heavy atom. The Morgan fingerprint density at radius 1 is 1.26 bits per heavy atom. The first kappa shape index (κ1) is 17.0. The van der Waals surface area contributed by atoms with Gasteiger partial charge in [-0.15, -0.1) is 0 Å². The molecule has 0 fully saturated rings. The van der Waals surface area contributed by atoms with Crippen molar-refractivity contribution in [3.05, 3.63) is 29.8 Å². The molecule has 0 aromatic heterocycles. The Hall–Kier alpha value is -2.37. The molecule has 1 aliphatic rings. The third-order valence-electron chi connectivity index (χ3n) is 3.94. The molecule has 0 spiro atoms. The monoisotopic (exact) mass is 318 g/mol. The first-order valence-electron chi connectivity index (χ1n) is 7.69. The minimum absolute atomic E-state index is 0.0151. The van der Waals surface area contributed by atoms with Crippen LogP contribution in [0.1, 0.15) is 38.7 Å². The maximum Gasteiger partial charge on any atom is 0.303 e. The van der Waals surface area contributed by atoms with E-state index in [0.717, 1.165) is 11.3 Å². The number of aryl methyl sites for hydroxylation is 1. The second kappa shape index (κ2) is 6.81. The molecule has 0 saturated carbocycles. The lowest BCUT2D eigenvalue weighted by molar-refractivity contribution is -0.137. The Morgan fingerprint density at radius 3 is 2.65 bits per heavy atom. The number of carboxylic acid groups (broad SMARTS) is 1. The highest BCUT2D eigenvalue weighted by Crippen LogP contribution is 2.27. The number of nitrogens with zero attached hydrogens (tertiary/aromatic N) is 1. The zero-order valence-corrected chi connectivity index (χ0v) is 13.5. The van der Waals surface area contributed by atoms with E-state index in [1.807, 2.05) is 24.3 Å². The van der Waals surface area contributed by atoms with E-state index in [9.17, 15) is 14.4 Å². The topological polar surface area (TPSA) is 86.7 Å². The summed E-state index contributed by atoms with van der Waals surface area (Å²) in [6.07, 6.45) is 1.40. The molecule has 23 heavy (non-hydrogen) atoms. The normalized spacial score (nSPS) is 14.3. The summed E-state index contributed by atoms with van der Waals surface area (Å²) in [7, 11) is 0. The number of hydrogen-bond acceptors (Lipinski definition) is 3. The van der Waals surface area contributed by atoms with Crippen LogP contribution in [0.3, 0.4) is 0 Å². The summed E-state index contributed by atoms with van der Waals surface area (Å²) in [6, 6.07) is 7.57. The number of fused-ring (bicyclic) bond motifs is 1. The number of amides is 2. The van der Waals surface area contributed by atoms with Crippen LogP contribution < -0.4 is 10.2 Å². The van der Waals surface area contributed by atoms with Gasteiger partial charge in [0.05, 0.1) is 0 Å². The lowest BCUT2D eigenvalue weighted by Gasteiger charge is -2.31. The zero-order chi connectivity index (χ0) is 17.0. The molecule has 0 atom stereocenters. The average molecular weight is 318 g/mol. The molecule has 1 aromatic rings. The summed E-state index contributed by atoms with van der Waals surface area (Å²) in [5.74, 6) is -1.25. The Balaban J connectivity index is 2.02. The number of para-hydroxylation sites is 1. The number of rotatable bonds is 6. The van der Waals surface area contributed by atoms with Gasteiger partial charge in [-0.1, -0.05) is 18.2 Å². The van der Waals surface area contributed by atoms with Crippen molar-refractivity contribution in [1.82, 2.24) is 5.32 Å². The van der Waals surface area contributed by atoms with Crippen molar-refractivity contribution >= 4 is 23.5 Å². The van der Waals surface area contributed by atoms with Crippen LogP contribution in [-0.4, -0.2) is 35.0 Å². The van der Waals surface area contributed by atoms with Crippen LogP contribution in [0.15, 0.2) is 24.3 Å². The third kappa shape index (κ3) is 4.55. The van der Waals surface area contributed by atoms with Crippen molar-refractivity contribution in [2.75, 3.05) is 11.4 Å². The predicted octanol–water partition coefficient (Wildman–Crippen LogP) is 1.73. The van der Waals surface area contributed by atoms with Gasteiger partial charge in [-0.25, -0.2) is 0 Å². The van der Waals surface area contributed by atoms with E-state index < -0.39 is 11.5 Å². The minimum atomic E-state index is -0.896. The van der Waals surface area contributed by atoms with Gasteiger partial charge in [0.2, 0.25) is 11.8 Å². The summed E-state index contributed by atoms with van der Waals surface area (Å²) >= 11 is 0. The molecule has 0 saturated heterocycles. The van der Waals surface area contributed by atoms with Crippen LogP contribution >= 0.6 is 0 Å². The van der Waals surface area contributed by atoms with Gasteiger partial charge >= 0.3 is 5.97 Å². The van der Waals surface area contributed by atoms with Crippen LogP contribution in [0.5, 0.6) is 0 Å². The minimum Gasteiger partial charge on any atom is -0.481 e. The molecule has 6 nitrogen and oxygen atoms in total. The first-order valence-corrected chi connectivity index (χ1v) is 7.69. The molecule has 1 heterocycles. The van der Waals surface area contributed by atoms with Gasteiger partial charge in [-0.2, -0.15) is 0 Å². The quantitative estimate of drug-likeness (QED) is 0.836. The summed E-state index contributed by atoms with van der Waals surface area (Å²) in [6.45, 7) is 3.51. The number of nitrogens with one attached hydrogen (secondary N) is 1. The van der Waals surface area contributed by atoms with Crippen LogP contribution in [0.25, 0.3) is 0 Å². The molecule has 124 valence electrons. The molecule has 2 rings (SSSR count). The maximum atomic E-state index is 12.3. The summed E-state index contributed by atoms with van der Waals surface area (Å²) in [5.41, 5.74) is 1.21. The van der Waals surface area contributed by atoms with Crippen molar-refractivity contribution in [3.8, 4) is 0 Å². The zero-order valence-electron chi connectivity index (χ0n) is 13.5. The molecular weight excluding hydrogens is 296 g/mol. The second-order valence-electron chi connectivity index (χ2n) is 6.43. The lowest BCUT2D eigenvalue weighted by Crippen LogP contribution is -2.50. The van der Waals surface area contributed by atoms with Crippen molar-refractivity contribution in [2.24, 2.45) is 0 Å². The van der Waals surface area contributed by atoms with E-state index in [2.05, 4.69) is 5.32 Å². The van der Waals surface area contributed by atoms with Crippen LogP contribution in [-0.2, 0) is 20.8 Å². The largest absolute Gasteiger partial charge is 0.481 e. The van der Waals surface area contributed by atoms with Crippen molar-refractivity contribution in [2.45, 2.75) is 45.1 Å². The molecule has 0 radical (unpaired) electrons. The molecule has 2 amide bonds.